The van der Waals surface area contributed by atoms with Crippen LogP contribution in [0.4, 0.5) is 14.9 Å². The molecule has 0 aromatic carbocycles. The molecule has 2 atom stereocenters. The number of alkyl halides is 1. The lowest BCUT2D eigenvalue weighted by Crippen LogP contribution is -2.49. The normalized spacial score (nSPS) is 26.0. The molecule has 0 spiro atoms. The van der Waals surface area contributed by atoms with Crippen molar-refractivity contribution in [3.8, 4) is 0 Å². The Hall–Kier alpha value is -2.52. The highest BCUT2D eigenvalue weighted by Crippen LogP contribution is 2.33. The Morgan fingerprint density at radius 2 is 2.00 bits per heavy atom. The van der Waals surface area contributed by atoms with Gasteiger partial charge in [-0.3, -0.25) is 15.0 Å². The molecule has 2 aromatic heterocycles. The number of fused-ring (bicyclic) bond motifs is 1. The fraction of sp³-hybridized carbons (Fsp3) is 0.609. The Balaban J connectivity index is 1.32. The minimum atomic E-state index is -0.944. The summed E-state index contributed by atoms with van der Waals surface area (Å²) in [4.78, 5) is 32.1. The number of amides is 3. The smallest absolute Gasteiger partial charge is 0.326 e. The first-order valence-electron chi connectivity index (χ1n) is 11.7. The number of piperidine rings is 2. The van der Waals surface area contributed by atoms with Gasteiger partial charge in [0, 0.05) is 44.2 Å². The maximum atomic E-state index is 15.3. The predicted octanol–water partition coefficient (Wildman–Crippen LogP) is 2.38. The second-order valence-corrected chi connectivity index (χ2v) is 9.36. The molecule has 172 valence electrons. The Morgan fingerprint density at radius 1 is 1.19 bits per heavy atom. The number of aryl methyl sites for hydroxylation is 1. The standard InChI is InChI=1S/C23H31FN6O2/c1-15-12-30(20-4-8-28(14-19(20)24)13-16-2-6-25-7-3-16)22-18(15)10-17(11-26-22)29-9-5-21(31)27-23(29)32/h10-12,16,19-20,25H,2-9,13-14H2,1H3,(H,27,31,32)/t19-,20-/m1/s1. The van der Waals surface area contributed by atoms with Crippen molar-refractivity contribution in [1.29, 1.82) is 0 Å². The number of nitrogens with one attached hydrogen (secondary N) is 2. The van der Waals surface area contributed by atoms with Crippen molar-refractivity contribution in [3.63, 3.8) is 0 Å². The first kappa shape index (κ1) is 21.3. The molecule has 3 aliphatic heterocycles. The largest absolute Gasteiger partial charge is 0.328 e. The molecule has 3 saturated heterocycles. The van der Waals surface area contributed by atoms with E-state index in [1.807, 2.05) is 23.8 Å². The lowest BCUT2D eigenvalue weighted by atomic mass is 9.95. The summed E-state index contributed by atoms with van der Waals surface area (Å²) in [5.74, 6) is 0.403. The maximum Gasteiger partial charge on any atom is 0.328 e. The molecule has 8 nitrogen and oxygen atoms in total. The number of carbonyl (C=O) groups excluding carboxylic acids is 2. The number of urea groups is 1. The average molecular weight is 443 g/mol. The van der Waals surface area contributed by atoms with Crippen molar-refractivity contribution in [3.05, 3.63) is 24.0 Å². The molecular formula is C23H31FN6O2. The fourth-order valence-corrected chi connectivity index (χ4v) is 5.36. The van der Waals surface area contributed by atoms with Crippen LogP contribution in [0.1, 0.15) is 37.3 Å². The first-order valence-corrected chi connectivity index (χ1v) is 11.7. The molecule has 3 fully saturated rings. The third-order valence-corrected chi connectivity index (χ3v) is 7.14. The molecule has 32 heavy (non-hydrogen) atoms. The van der Waals surface area contributed by atoms with E-state index in [2.05, 4.69) is 20.5 Å². The van der Waals surface area contributed by atoms with Crippen LogP contribution in [0.3, 0.4) is 0 Å². The number of aromatic nitrogens is 2. The number of imide groups is 1. The number of carbonyl (C=O) groups is 2. The SMILES string of the molecule is Cc1cn([C@@H]2CCN(CC3CCNCC3)C[C@H]2F)c2ncc(N3CCC(=O)NC3=O)cc12. The molecule has 0 saturated carbocycles. The second-order valence-electron chi connectivity index (χ2n) is 9.36. The molecule has 0 aliphatic carbocycles. The average Bonchev–Trinajstić information content (AvgIpc) is 3.10. The summed E-state index contributed by atoms with van der Waals surface area (Å²) in [6.07, 6.45) is 6.06. The van der Waals surface area contributed by atoms with Crippen LogP contribution in [-0.2, 0) is 4.79 Å². The monoisotopic (exact) mass is 442 g/mol. The molecule has 2 N–H and O–H groups in total. The van der Waals surface area contributed by atoms with Crippen molar-refractivity contribution >= 4 is 28.7 Å². The molecule has 0 radical (unpaired) electrons. The number of halogens is 1. The number of pyridine rings is 1. The summed E-state index contributed by atoms with van der Waals surface area (Å²) in [6, 6.07) is 1.26. The highest BCUT2D eigenvalue weighted by atomic mass is 19.1. The lowest BCUT2D eigenvalue weighted by Gasteiger charge is -2.38. The molecule has 3 aliphatic rings. The summed E-state index contributed by atoms with van der Waals surface area (Å²) in [5, 5.41) is 6.65. The topological polar surface area (TPSA) is 82.5 Å². The van der Waals surface area contributed by atoms with Crippen molar-refractivity contribution in [1.82, 2.24) is 25.1 Å². The van der Waals surface area contributed by atoms with Crippen LogP contribution in [-0.4, -0.2) is 71.8 Å². The van der Waals surface area contributed by atoms with Gasteiger partial charge >= 0.3 is 6.03 Å². The minimum Gasteiger partial charge on any atom is -0.326 e. The van der Waals surface area contributed by atoms with Gasteiger partial charge in [-0.05, 0) is 56.8 Å². The molecule has 0 unspecified atom stereocenters. The first-order chi connectivity index (χ1) is 15.5. The van der Waals surface area contributed by atoms with Gasteiger partial charge in [0.1, 0.15) is 11.8 Å². The number of hydrogen-bond donors (Lipinski definition) is 2. The number of likely N-dealkylation sites (tertiary alicyclic amines) is 1. The Kier molecular flexibility index (Phi) is 5.86. The highest BCUT2D eigenvalue weighted by molar-refractivity contribution is 6.06. The maximum absolute atomic E-state index is 15.3. The van der Waals surface area contributed by atoms with Gasteiger partial charge in [-0.2, -0.15) is 0 Å². The van der Waals surface area contributed by atoms with Gasteiger partial charge in [0.05, 0.1) is 17.9 Å². The second kappa shape index (κ2) is 8.78. The quantitative estimate of drug-likeness (QED) is 0.760. The number of nitrogens with zero attached hydrogens (tertiary/aromatic N) is 4. The van der Waals surface area contributed by atoms with Gasteiger partial charge in [-0.25, -0.2) is 14.2 Å². The third-order valence-electron chi connectivity index (χ3n) is 7.14. The Labute approximate surface area is 187 Å². The Morgan fingerprint density at radius 3 is 2.75 bits per heavy atom. The third kappa shape index (κ3) is 4.11. The van der Waals surface area contributed by atoms with E-state index in [0.29, 0.717) is 24.7 Å². The zero-order valence-electron chi connectivity index (χ0n) is 18.5. The zero-order chi connectivity index (χ0) is 22.2. The number of anilines is 1. The number of hydrogen-bond acceptors (Lipinski definition) is 5. The lowest BCUT2D eigenvalue weighted by molar-refractivity contribution is -0.120. The highest BCUT2D eigenvalue weighted by Gasteiger charge is 2.33. The van der Waals surface area contributed by atoms with Crippen molar-refractivity contribution in [2.45, 2.75) is 44.8 Å². The molecule has 5 heterocycles. The summed E-state index contributed by atoms with van der Waals surface area (Å²) < 4.78 is 17.3. The summed E-state index contributed by atoms with van der Waals surface area (Å²) in [7, 11) is 0. The molecular weight excluding hydrogens is 411 g/mol. The minimum absolute atomic E-state index is 0.232. The van der Waals surface area contributed by atoms with Crippen molar-refractivity contribution in [2.75, 3.05) is 44.2 Å². The van der Waals surface area contributed by atoms with E-state index in [9.17, 15) is 9.59 Å². The zero-order valence-corrected chi connectivity index (χ0v) is 18.5. The van der Waals surface area contributed by atoms with Crippen LogP contribution in [0.2, 0.25) is 0 Å². The van der Waals surface area contributed by atoms with E-state index in [-0.39, 0.29) is 18.4 Å². The van der Waals surface area contributed by atoms with E-state index in [1.165, 1.54) is 17.7 Å². The summed E-state index contributed by atoms with van der Waals surface area (Å²) >= 11 is 0. The molecule has 0 bridgehead atoms. The van der Waals surface area contributed by atoms with Gasteiger partial charge in [0.2, 0.25) is 5.91 Å². The van der Waals surface area contributed by atoms with E-state index in [1.54, 1.807) is 6.20 Å². The van der Waals surface area contributed by atoms with Gasteiger partial charge in [-0.1, -0.05) is 0 Å². The van der Waals surface area contributed by atoms with Crippen LogP contribution >= 0.6 is 0 Å². The van der Waals surface area contributed by atoms with Crippen molar-refractivity contribution < 1.29 is 14.0 Å². The van der Waals surface area contributed by atoms with Gasteiger partial charge in [-0.15, -0.1) is 0 Å². The van der Waals surface area contributed by atoms with Gasteiger partial charge in [0.15, 0.2) is 0 Å². The van der Waals surface area contributed by atoms with Crippen LogP contribution in [0, 0.1) is 12.8 Å². The van der Waals surface area contributed by atoms with Crippen LogP contribution in [0.5, 0.6) is 0 Å². The van der Waals surface area contributed by atoms with E-state index >= 15 is 4.39 Å². The van der Waals surface area contributed by atoms with Crippen LogP contribution in [0.15, 0.2) is 18.5 Å². The van der Waals surface area contributed by atoms with E-state index < -0.39 is 12.2 Å². The number of rotatable bonds is 4. The van der Waals surface area contributed by atoms with E-state index in [4.69, 9.17) is 0 Å². The fourth-order valence-electron chi connectivity index (χ4n) is 5.36. The van der Waals surface area contributed by atoms with Crippen LogP contribution < -0.4 is 15.5 Å². The summed E-state index contributed by atoms with van der Waals surface area (Å²) in [6.45, 7) is 6.81. The molecule has 2 aromatic rings. The Bertz CT molecular complexity index is 1020. The predicted molar refractivity (Wildman–Crippen MR) is 121 cm³/mol. The van der Waals surface area contributed by atoms with Gasteiger partial charge < -0.3 is 14.8 Å². The van der Waals surface area contributed by atoms with E-state index in [0.717, 1.165) is 49.2 Å². The molecule has 3 amide bonds. The molecule has 5 rings (SSSR count). The van der Waals surface area contributed by atoms with Crippen LogP contribution in [0.25, 0.3) is 11.0 Å². The molecule has 9 heteroatoms. The van der Waals surface area contributed by atoms with Crippen molar-refractivity contribution in [2.24, 2.45) is 5.92 Å². The summed E-state index contributed by atoms with van der Waals surface area (Å²) in [5.41, 5.74) is 2.41. The van der Waals surface area contributed by atoms with Gasteiger partial charge in [0.25, 0.3) is 0 Å².